The van der Waals surface area contributed by atoms with Crippen molar-refractivity contribution in [3.05, 3.63) is 83.4 Å². The highest BCUT2D eigenvalue weighted by molar-refractivity contribution is 6.02. The molecule has 1 aromatic heterocycles. The summed E-state index contributed by atoms with van der Waals surface area (Å²) < 4.78 is 10.3. The SMILES string of the molecule is COC(N)=NC(c1ccc(OC)cc1)c1cccc(NC(=O)c2cnc(C)cn2)c1. The normalized spacial score (nSPS) is 12.2. The Kier molecular flexibility index (Phi) is 6.59. The smallest absolute Gasteiger partial charge is 0.282 e. The van der Waals surface area contributed by atoms with Gasteiger partial charge in [-0.3, -0.25) is 9.78 Å². The maximum Gasteiger partial charge on any atom is 0.282 e. The molecule has 3 aromatic rings. The molecule has 1 unspecified atom stereocenters. The number of nitrogens with two attached hydrogens (primary N) is 1. The monoisotopic (exact) mass is 405 g/mol. The Bertz CT molecular complexity index is 1030. The minimum absolute atomic E-state index is 0.0557. The van der Waals surface area contributed by atoms with Gasteiger partial charge in [-0.25, -0.2) is 9.98 Å². The average Bonchev–Trinajstić information content (AvgIpc) is 2.78. The predicted octanol–water partition coefficient (Wildman–Crippen LogP) is 3.10. The Morgan fingerprint density at radius 1 is 1.07 bits per heavy atom. The minimum atomic E-state index is -0.424. The Morgan fingerprint density at radius 3 is 2.47 bits per heavy atom. The van der Waals surface area contributed by atoms with Crippen LogP contribution in [-0.4, -0.2) is 36.1 Å². The van der Waals surface area contributed by atoms with Crippen LogP contribution in [0.15, 0.2) is 65.9 Å². The van der Waals surface area contributed by atoms with Gasteiger partial charge in [0, 0.05) is 11.9 Å². The fourth-order valence-corrected chi connectivity index (χ4v) is 2.80. The number of rotatable bonds is 6. The zero-order chi connectivity index (χ0) is 21.5. The van der Waals surface area contributed by atoms with Crippen LogP contribution in [0.3, 0.4) is 0 Å². The van der Waals surface area contributed by atoms with E-state index < -0.39 is 6.04 Å². The van der Waals surface area contributed by atoms with Gasteiger partial charge in [0.1, 0.15) is 17.5 Å². The molecule has 0 aliphatic carbocycles. The van der Waals surface area contributed by atoms with E-state index in [1.54, 1.807) is 19.4 Å². The van der Waals surface area contributed by atoms with E-state index in [0.717, 1.165) is 22.6 Å². The van der Waals surface area contributed by atoms with E-state index >= 15 is 0 Å². The Labute approximate surface area is 174 Å². The molecule has 0 aliphatic rings. The van der Waals surface area contributed by atoms with Gasteiger partial charge in [-0.15, -0.1) is 0 Å². The van der Waals surface area contributed by atoms with Gasteiger partial charge < -0.3 is 20.5 Å². The fourth-order valence-electron chi connectivity index (χ4n) is 2.80. The molecule has 154 valence electrons. The quantitative estimate of drug-likeness (QED) is 0.481. The van der Waals surface area contributed by atoms with Crippen LogP contribution in [0.2, 0.25) is 0 Å². The molecule has 0 fully saturated rings. The molecular formula is C22H23N5O3. The van der Waals surface area contributed by atoms with Crippen LogP contribution < -0.4 is 15.8 Å². The van der Waals surface area contributed by atoms with Crippen molar-refractivity contribution in [2.75, 3.05) is 19.5 Å². The number of hydrogen-bond donors (Lipinski definition) is 2. The first kappa shape index (κ1) is 20.8. The van der Waals surface area contributed by atoms with E-state index in [1.165, 1.54) is 13.3 Å². The van der Waals surface area contributed by atoms with Crippen LogP contribution in [0.25, 0.3) is 0 Å². The molecule has 3 rings (SSSR count). The zero-order valence-corrected chi connectivity index (χ0v) is 17.0. The summed E-state index contributed by atoms with van der Waals surface area (Å²) in [7, 11) is 3.07. The van der Waals surface area contributed by atoms with Gasteiger partial charge >= 0.3 is 0 Å². The van der Waals surface area contributed by atoms with Crippen molar-refractivity contribution in [1.29, 1.82) is 0 Å². The Hall–Kier alpha value is -3.94. The van der Waals surface area contributed by atoms with Crippen LogP contribution in [0, 0.1) is 6.92 Å². The van der Waals surface area contributed by atoms with Gasteiger partial charge in [0.05, 0.1) is 26.1 Å². The summed E-state index contributed by atoms with van der Waals surface area (Å²) >= 11 is 0. The number of amides is 1. The van der Waals surface area contributed by atoms with E-state index in [-0.39, 0.29) is 17.6 Å². The molecule has 8 nitrogen and oxygen atoms in total. The Morgan fingerprint density at radius 2 is 1.83 bits per heavy atom. The molecule has 30 heavy (non-hydrogen) atoms. The lowest BCUT2D eigenvalue weighted by Crippen LogP contribution is -2.16. The average molecular weight is 405 g/mol. The van der Waals surface area contributed by atoms with Crippen molar-refractivity contribution in [1.82, 2.24) is 9.97 Å². The molecule has 0 radical (unpaired) electrons. The zero-order valence-electron chi connectivity index (χ0n) is 17.0. The molecule has 0 spiro atoms. The number of methoxy groups -OCH3 is 2. The second-order valence-electron chi connectivity index (χ2n) is 6.47. The molecule has 1 atom stereocenters. The van der Waals surface area contributed by atoms with Gasteiger partial charge in [0.15, 0.2) is 0 Å². The number of aryl methyl sites for hydroxylation is 1. The molecule has 0 bridgehead atoms. The molecular weight excluding hydrogens is 382 g/mol. The summed E-state index contributed by atoms with van der Waals surface area (Å²) in [6.07, 6.45) is 2.99. The van der Waals surface area contributed by atoms with Crippen molar-refractivity contribution in [2.24, 2.45) is 10.7 Å². The first-order valence-corrected chi connectivity index (χ1v) is 9.21. The fraction of sp³-hybridized carbons (Fsp3) is 0.182. The molecule has 0 aliphatic heterocycles. The van der Waals surface area contributed by atoms with Gasteiger partial charge in [-0.2, -0.15) is 0 Å². The van der Waals surface area contributed by atoms with Crippen LogP contribution in [0.4, 0.5) is 5.69 Å². The number of nitrogens with one attached hydrogen (secondary N) is 1. The molecule has 2 aromatic carbocycles. The van der Waals surface area contributed by atoms with Crippen LogP contribution in [0.5, 0.6) is 5.75 Å². The third-order valence-electron chi connectivity index (χ3n) is 4.37. The second kappa shape index (κ2) is 9.51. The molecule has 3 N–H and O–H groups in total. The van der Waals surface area contributed by atoms with Gasteiger partial charge in [0.25, 0.3) is 11.9 Å². The number of hydrogen-bond acceptors (Lipinski definition) is 6. The molecule has 0 saturated carbocycles. The van der Waals surface area contributed by atoms with E-state index in [9.17, 15) is 4.79 Å². The Balaban J connectivity index is 1.90. The van der Waals surface area contributed by atoms with Gasteiger partial charge in [0.2, 0.25) is 0 Å². The number of aromatic nitrogens is 2. The largest absolute Gasteiger partial charge is 0.497 e. The van der Waals surface area contributed by atoms with E-state index in [2.05, 4.69) is 20.3 Å². The first-order valence-electron chi connectivity index (χ1n) is 9.21. The summed E-state index contributed by atoms with van der Waals surface area (Å²) in [4.78, 5) is 25.2. The molecule has 0 saturated heterocycles. The second-order valence-corrected chi connectivity index (χ2v) is 6.47. The number of amidine groups is 1. The van der Waals surface area contributed by atoms with Crippen molar-refractivity contribution in [3.8, 4) is 5.75 Å². The van der Waals surface area contributed by atoms with Crippen LogP contribution in [0.1, 0.15) is 33.4 Å². The van der Waals surface area contributed by atoms with Gasteiger partial charge in [-0.1, -0.05) is 24.3 Å². The molecule has 1 heterocycles. The van der Waals surface area contributed by atoms with E-state index in [1.807, 2.05) is 49.4 Å². The van der Waals surface area contributed by atoms with Crippen LogP contribution >= 0.6 is 0 Å². The predicted molar refractivity (Wildman–Crippen MR) is 115 cm³/mol. The first-order chi connectivity index (χ1) is 14.5. The van der Waals surface area contributed by atoms with Crippen molar-refractivity contribution in [2.45, 2.75) is 13.0 Å². The van der Waals surface area contributed by atoms with E-state index in [4.69, 9.17) is 15.2 Å². The highest BCUT2D eigenvalue weighted by Crippen LogP contribution is 2.29. The topological polar surface area (TPSA) is 112 Å². The number of nitrogens with zero attached hydrogens (tertiary/aromatic N) is 3. The van der Waals surface area contributed by atoms with Crippen molar-refractivity contribution >= 4 is 17.6 Å². The number of anilines is 1. The number of carbonyl (C=O) groups excluding carboxylic acids is 1. The lowest BCUT2D eigenvalue weighted by molar-refractivity contribution is 0.102. The highest BCUT2D eigenvalue weighted by Gasteiger charge is 2.16. The van der Waals surface area contributed by atoms with Gasteiger partial charge in [-0.05, 0) is 42.3 Å². The number of benzene rings is 2. The molecule has 8 heteroatoms. The standard InChI is InChI=1S/C22H23N5O3/c1-14-12-25-19(13-24-14)21(28)26-17-6-4-5-16(11-17)20(27-22(23)30-3)15-7-9-18(29-2)10-8-15/h4-13,20H,1-3H3,(H2,23,27)(H,26,28). The maximum absolute atomic E-state index is 12.5. The lowest BCUT2D eigenvalue weighted by Gasteiger charge is -2.16. The van der Waals surface area contributed by atoms with E-state index in [0.29, 0.717) is 5.69 Å². The van der Waals surface area contributed by atoms with Crippen molar-refractivity contribution in [3.63, 3.8) is 0 Å². The van der Waals surface area contributed by atoms with Crippen LogP contribution in [-0.2, 0) is 4.74 Å². The summed E-state index contributed by atoms with van der Waals surface area (Å²) in [5.74, 6) is 0.391. The highest BCUT2D eigenvalue weighted by atomic mass is 16.5. The summed E-state index contributed by atoms with van der Waals surface area (Å²) in [5.41, 5.74) is 9.13. The third-order valence-corrected chi connectivity index (χ3v) is 4.37. The number of carbonyl (C=O) groups is 1. The van der Waals surface area contributed by atoms with Crippen molar-refractivity contribution < 1.29 is 14.3 Å². The minimum Gasteiger partial charge on any atom is -0.497 e. The summed E-state index contributed by atoms with van der Waals surface area (Å²) in [6.45, 7) is 1.81. The third kappa shape index (κ3) is 5.11. The summed E-state index contributed by atoms with van der Waals surface area (Å²) in [6, 6.07) is 14.5. The number of ether oxygens (including phenoxy) is 2. The summed E-state index contributed by atoms with van der Waals surface area (Å²) in [5, 5.41) is 2.84. The molecule has 1 amide bonds. The number of aliphatic imine (C=N–C) groups is 1. The lowest BCUT2D eigenvalue weighted by atomic mass is 9.98. The maximum atomic E-state index is 12.5.